The van der Waals surface area contributed by atoms with Gasteiger partial charge < -0.3 is 15.4 Å². The van der Waals surface area contributed by atoms with Gasteiger partial charge in [0.2, 0.25) is 0 Å². The first-order valence-corrected chi connectivity index (χ1v) is 10.1. The summed E-state index contributed by atoms with van der Waals surface area (Å²) in [5.74, 6) is 0.704. The van der Waals surface area contributed by atoms with Crippen molar-refractivity contribution in [1.82, 2.24) is 25.4 Å². The maximum absolute atomic E-state index is 12.5. The first kappa shape index (κ1) is 19.9. The Kier molecular flexibility index (Phi) is 6.35. The van der Waals surface area contributed by atoms with Gasteiger partial charge in [-0.15, -0.1) is 10.2 Å². The molecule has 28 heavy (non-hydrogen) atoms. The Labute approximate surface area is 167 Å². The quantitative estimate of drug-likeness (QED) is 0.547. The van der Waals surface area contributed by atoms with Crippen LogP contribution in [0.15, 0.2) is 46.8 Å². The molecule has 0 spiro atoms. The van der Waals surface area contributed by atoms with Crippen LogP contribution in [0, 0.1) is 6.92 Å². The van der Waals surface area contributed by atoms with Crippen molar-refractivity contribution < 1.29 is 14.3 Å². The van der Waals surface area contributed by atoms with E-state index in [-0.39, 0.29) is 18.7 Å². The number of urea groups is 1. The highest BCUT2D eigenvalue weighted by Gasteiger charge is 2.31. The van der Waals surface area contributed by atoms with E-state index >= 15 is 0 Å². The third-order valence-corrected chi connectivity index (χ3v) is 5.26. The summed E-state index contributed by atoms with van der Waals surface area (Å²) in [6.07, 6.45) is 0.592. The topological polar surface area (TPSA) is 98.1 Å². The van der Waals surface area contributed by atoms with E-state index in [1.165, 1.54) is 11.8 Å². The van der Waals surface area contributed by atoms with E-state index in [1.54, 1.807) is 6.92 Å². The predicted molar refractivity (Wildman–Crippen MR) is 106 cm³/mol. The molecule has 0 unspecified atom stereocenters. The van der Waals surface area contributed by atoms with Gasteiger partial charge in [0.1, 0.15) is 5.82 Å². The van der Waals surface area contributed by atoms with Crippen LogP contribution in [0.1, 0.15) is 26.1 Å². The zero-order chi connectivity index (χ0) is 20.1. The molecule has 2 aromatic rings. The Bertz CT molecular complexity index is 894. The molecule has 1 aromatic heterocycles. The second-order valence-corrected chi connectivity index (χ2v) is 7.10. The summed E-state index contributed by atoms with van der Waals surface area (Å²) in [5, 5.41) is 14.6. The standard InChI is InChI=1S/C19H23N5O3S/c1-4-14-16(17(25)27-5-2)15(21-18(26)20-14)11-28-19-23-22-12(3)24(19)13-9-7-6-8-10-13/h6-10,14H,4-5,11H2,1-3H3,(H2,20,21,26)/t14-/m0/s1. The van der Waals surface area contributed by atoms with Gasteiger partial charge in [-0.05, 0) is 32.4 Å². The Morgan fingerprint density at radius 3 is 2.68 bits per heavy atom. The SMILES string of the molecule is CCOC(=O)C1=C(CSc2nnc(C)n2-c2ccccc2)NC(=O)N[C@H]1CC. The zero-order valence-electron chi connectivity index (χ0n) is 16.1. The molecule has 2 heterocycles. The number of ether oxygens (including phenoxy) is 1. The first-order valence-electron chi connectivity index (χ1n) is 9.13. The summed E-state index contributed by atoms with van der Waals surface area (Å²) < 4.78 is 7.14. The number of rotatable bonds is 7. The Morgan fingerprint density at radius 2 is 2.00 bits per heavy atom. The van der Waals surface area contributed by atoms with E-state index in [2.05, 4.69) is 20.8 Å². The van der Waals surface area contributed by atoms with Gasteiger partial charge in [-0.3, -0.25) is 4.57 Å². The average molecular weight is 401 g/mol. The van der Waals surface area contributed by atoms with E-state index < -0.39 is 5.97 Å². The number of benzene rings is 1. The summed E-state index contributed by atoms with van der Waals surface area (Å²) in [4.78, 5) is 24.5. The van der Waals surface area contributed by atoms with Crippen molar-refractivity contribution in [3.05, 3.63) is 47.4 Å². The molecule has 0 saturated carbocycles. The molecule has 0 fully saturated rings. The highest BCUT2D eigenvalue weighted by molar-refractivity contribution is 7.99. The molecule has 1 aromatic carbocycles. The number of carbonyl (C=O) groups excluding carboxylic acids is 2. The molecule has 148 valence electrons. The van der Waals surface area contributed by atoms with Crippen molar-refractivity contribution in [3.63, 3.8) is 0 Å². The van der Waals surface area contributed by atoms with Gasteiger partial charge in [-0.1, -0.05) is 36.9 Å². The minimum atomic E-state index is -0.418. The number of aryl methyl sites for hydroxylation is 1. The lowest BCUT2D eigenvalue weighted by Crippen LogP contribution is -2.50. The van der Waals surface area contributed by atoms with Crippen LogP contribution in [0.3, 0.4) is 0 Å². The molecule has 0 saturated heterocycles. The number of esters is 1. The number of carbonyl (C=O) groups is 2. The van der Waals surface area contributed by atoms with Gasteiger partial charge in [0.05, 0.1) is 18.2 Å². The minimum absolute atomic E-state index is 0.272. The maximum Gasteiger partial charge on any atom is 0.337 e. The van der Waals surface area contributed by atoms with Gasteiger partial charge in [0.25, 0.3) is 0 Å². The molecule has 1 aliphatic rings. The fourth-order valence-electron chi connectivity index (χ4n) is 3.02. The number of aromatic nitrogens is 3. The second-order valence-electron chi connectivity index (χ2n) is 6.16. The van der Waals surface area contributed by atoms with E-state index in [1.807, 2.05) is 48.7 Å². The summed E-state index contributed by atoms with van der Waals surface area (Å²) >= 11 is 1.40. The minimum Gasteiger partial charge on any atom is -0.463 e. The molecule has 9 heteroatoms. The molecule has 1 aliphatic heterocycles. The molecule has 3 rings (SSSR count). The Hall–Kier alpha value is -2.81. The lowest BCUT2D eigenvalue weighted by atomic mass is 10.0. The lowest BCUT2D eigenvalue weighted by Gasteiger charge is -2.28. The van der Waals surface area contributed by atoms with Gasteiger partial charge in [0, 0.05) is 17.1 Å². The van der Waals surface area contributed by atoms with Crippen LogP contribution in [0.4, 0.5) is 4.79 Å². The van der Waals surface area contributed by atoms with Crippen molar-refractivity contribution in [2.24, 2.45) is 0 Å². The summed E-state index contributed by atoms with van der Waals surface area (Å²) in [6, 6.07) is 9.09. The van der Waals surface area contributed by atoms with Crippen LogP contribution >= 0.6 is 11.8 Å². The van der Waals surface area contributed by atoms with E-state index in [4.69, 9.17) is 4.74 Å². The van der Waals surface area contributed by atoms with Gasteiger partial charge in [-0.2, -0.15) is 0 Å². The third-order valence-electron chi connectivity index (χ3n) is 4.30. The Balaban J connectivity index is 1.89. The number of hydrogen-bond donors (Lipinski definition) is 2. The fourth-order valence-corrected chi connectivity index (χ4v) is 3.99. The van der Waals surface area contributed by atoms with Gasteiger partial charge >= 0.3 is 12.0 Å². The molecule has 0 bridgehead atoms. The highest BCUT2D eigenvalue weighted by atomic mass is 32.2. The van der Waals surface area contributed by atoms with Gasteiger partial charge in [0.15, 0.2) is 5.16 Å². The maximum atomic E-state index is 12.5. The van der Waals surface area contributed by atoms with Crippen molar-refractivity contribution in [2.45, 2.75) is 38.4 Å². The third kappa shape index (κ3) is 4.19. The van der Waals surface area contributed by atoms with Crippen LogP contribution in [-0.2, 0) is 9.53 Å². The molecule has 2 amide bonds. The second kappa shape index (κ2) is 8.92. The Morgan fingerprint density at radius 1 is 1.25 bits per heavy atom. The summed E-state index contributed by atoms with van der Waals surface area (Å²) in [7, 11) is 0. The molecule has 0 aliphatic carbocycles. The van der Waals surface area contributed by atoms with Crippen LogP contribution in [0.5, 0.6) is 0 Å². The van der Waals surface area contributed by atoms with Gasteiger partial charge in [-0.25, -0.2) is 9.59 Å². The molecule has 8 nitrogen and oxygen atoms in total. The molecule has 0 radical (unpaired) electrons. The highest BCUT2D eigenvalue weighted by Crippen LogP contribution is 2.26. The summed E-state index contributed by atoms with van der Waals surface area (Å²) in [6.45, 7) is 5.82. The molecular formula is C19H23N5O3S. The first-order chi connectivity index (χ1) is 13.5. The van der Waals surface area contributed by atoms with Crippen LogP contribution in [0.2, 0.25) is 0 Å². The molecule has 2 N–H and O–H groups in total. The molecular weight excluding hydrogens is 378 g/mol. The number of amides is 2. The lowest BCUT2D eigenvalue weighted by molar-refractivity contribution is -0.139. The number of nitrogens with zero attached hydrogens (tertiary/aromatic N) is 3. The van der Waals surface area contributed by atoms with Crippen molar-refractivity contribution in [3.8, 4) is 5.69 Å². The van der Waals surface area contributed by atoms with E-state index in [0.717, 1.165) is 11.5 Å². The largest absolute Gasteiger partial charge is 0.463 e. The fraction of sp³-hybridized carbons (Fsp3) is 0.368. The summed E-state index contributed by atoms with van der Waals surface area (Å²) in [5.41, 5.74) is 1.95. The number of nitrogens with one attached hydrogen (secondary N) is 2. The molecule has 1 atom stereocenters. The number of thioether (sulfide) groups is 1. The van der Waals surface area contributed by atoms with Crippen molar-refractivity contribution >= 4 is 23.8 Å². The predicted octanol–water partition coefficient (Wildman–Crippen LogP) is 2.58. The van der Waals surface area contributed by atoms with E-state index in [0.29, 0.717) is 28.6 Å². The zero-order valence-corrected chi connectivity index (χ0v) is 16.9. The van der Waals surface area contributed by atoms with Crippen molar-refractivity contribution in [2.75, 3.05) is 12.4 Å². The van der Waals surface area contributed by atoms with E-state index in [9.17, 15) is 9.59 Å². The van der Waals surface area contributed by atoms with Crippen molar-refractivity contribution in [1.29, 1.82) is 0 Å². The smallest absolute Gasteiger partial charge is 0.337 e. The number of hydrogen-bond acceptors (Lipinski definition) is 6. The average Bonchev–Trinajstić information content (AvgIpc) is 3.07. The van der Waals surface area contributed by atoms with Crippen LogP contribution < -0.4 is 10.6 Å². The van der Waals surface area contributed by atoms with Crippen LogP contribution in [0.25, 0.3) is 5.69 Å². The normalized spacial score (nSPS) is 16.5. The monoisotopic (exact) mass is 401 g/mol. The van der Waals surface area contributed by atoms with Crippen LogP contribution in [-0.4, -0.2) is 45.2 Å². The number of para-hydroxylation sites is 1.